The zero-order valence-electron chi connectivity index (χ0n) is 15.0. The van der Waals surface area contributed by atoms with Gasteiger partial charge >= 0.3 is 5.17 Å². The second-order valence-corrected chi connectivity index (χ2v) is 8.23. The van der Waals surface area contributed by atoms with Gasteiger partial charge in [-0.3, -0.25) is 0 Å². The third kappa shape index (κ3) is 4.34. The number of rotatable bonds is 3. The van der Waals surface area contributed by atoms with Crippen molar-refractivity contribution in [3.8, 4) is 0 Å². The maximum atomic E-state index is 6.08. The van der Waals surface area contributed by atoms with Gasteiger partial charge in [-0.05, 0) is 17.1 Å². The number of thioether (sulfide) groups is 1. The number of ether oxygens (including phenoxy) is 2. The van der Waals surface area contributed by atoms with E-state index in [0.717, 1.165) is 72.7 Å². The molecule has 0 saturated carbocycles. The molecule has 1 aromatic rings. The fraction of sp³-hybridized carbons (Fsp3) is 0.471. The third-order valence-electron chi connectivity index (χ3n) is 4.40. The van der Waals surface area contributed by atoms with Crippen molar-refractivity contribution in [3.63, 3.8) is 0 Å². The minimum atomic E-state index is 0.553. The van der Waals surface area contributed by atoms with Gasteiger partial charge in [0.1, 0.15) is 18.9 Å². The SMILES string of the molecule is NC1=NC(=[N+]2CCOCC2)S/C1=C\C=C\c1sc(N2CCOCC2)nc1N. The Balaban J connectivity index is 1.44. The van der Waals surface area contributed by atoms with E-state index in [1.165, 1.54) is 0 Å². The van der Waals surface area contributed by atoms with E-state index in [-0.39, 0.29) is 0 Å². The second-order valence-electron chi connectivity index (χ2n) is 6.22. The van der Waals surface area contributed by atoms with Crippen molar-refractivity contribution in [1.82, 2.24) is 4.98 Å². The summed E-state index contributed by atoms with van der Waals surface area (Å²) in [6.45, 7) is 6.33. The molecule has 4 heterocycles. The molecule has 0 radical (unpaired) electrons. The number of nitrogen functional groups attached to an aromatic ring is 1. The van der Waals surface area contributed by atoms with Crippen LogP contribution in [0.4, 0.5) is 10.9 Å². The molecule has 10 heteroatoms. The number of aromatic nitrogens is 1. The maximum Gasteiger partial charge on any atom is 0.362 e. The zero-order chi connectivity index (χ0) is 18.6. The van der Waals surface area contributed by atoms with Crippen molar-refractivity contribution < 1.29 is 14.0 Å². The maximum absolute atomic E-state index is 6.08. The van der Waals surface area contributed by atoms with Crippen LogP contribution in [0.2, 0.25) is 0 Å². The van der Waals surface area contributed by atoms with Gasteiger partial charge in [0, 0.05) is 24.9 Å². The molecule has 27 heavy (non-hydrogen) atoms. The van der Waals surface area contributed by atoms with Crippen LogP contribution in [0, 0.1) is 0 Å². The third-order valence-corrected chi connectivity index (χ3v) is 6.59. The Hall–Kier alpha value is -1.88. The van der Waals surface area contributed by atoms with Crippen molar-refractivity contribution in [2.24, 2.45) is 10.7 Å². The van der Waals surface area contributed by atoms with Gasteiger partial charge in [-0.1, -0.05) is 17.4 Å². The number of hydrogen-bond acceptors (Lipinski definition) is 8. The molecule has 0 aromatic carbocycles. The van der Waals surface area contributed by atoms with Crippen LogP contribution in [0.5, 0.6) is 0 Å². The molecule has 144 valence electrons. The molecule has 4 N–H and O–H groups in total. The summed E-state index contributed by atoms with van der Waals surface area (Å²) in [4.78, 5) is 13.1. The lowest BCUT2D eigenvalue weighted by Gasteiger charge is -2.25. The highest BCUT2D eigenvalue weighted by Crippen LogP contribution is 2.30. The van der Waals surface area contributed by atoms with E-state index >= 15 is 0 Å². The summed E-state index contributed by atoms with van der Waals surface area (Å²) < 4.78 is 13.0. The molecule has 0 unspecified atom stereocenters. The van der Waals surface area contributed by atoms with Crippen molar-refractivity contribution in [1.29, 1.82) is 0 Å². The molecule has 0 aliphatic carbocycles. The number of hydrogen-bond donors (Lipinski definition) is 2. The van der Waals surface area contributed by atoms with Gasteiger partial charge in [0.05, 0.1) is 36.2 Å². The summed E-state index contributed by atoms with van der Waals surface area (Å²) in [5.41, 5.74) is 12.2. The lowest BCUT2D eigenvalue weighted by Crippen LogP contribution is -2.36. The first kappa shape index (κ1) is 18.5. The summed E-state index contributed by atoms with van der Waals surface area (Å²) in [5.74, 6) is 1.11. The first-order valence-electron chi connectivity index (χ1n) is 8.90. The highest BCUT2D eigenvalue weighted by Gasteiger charge is 2.29. The Morgan fingerprint density at radius 1 is 1.07 bits per heavy atom. The van der Waals surface area contributed by atoms with Gasteiger partial charge in [0.25, 0.3) is 5.84 Å². The minimum Gasteiger partial charge on any atom is -0.382 e. The quantitative estimate of drug-likeness (QED) is 0.720. The van der Waals surface area contributed by atoms with Gasteiger partial charge in [-0.15, -0.1) is 0 Å². The van der Waals surface area contributed by atoms with Crippen LogP contribution in [-0.2, 0) is 9.47 Å². The molecule has 0 atom stereocenters. The van der Waals surface area contributed by atoms with Crippen molar-refractivity contribution in [2.45, 2.75) is 0 Å². The molecule has 3 aliphatic rings. The molecule has 0 amide bonds. The van der Waals surface area contributed by atoms with Crippen molar-refractivity contribution >= 4 is 51.1 Å². The molecule has 2 saturated heterocycles. The van der Waals surface area contributed by atoms with E-state index in [1.54, 1.807) is 23.1 Å². The fourth-order valence-corrected chi connectivity index (χ4v) is 4.80. The Morgan fingerprint density at radius 3 is 2.59 bits per heavy atom. The van der Waals surface area contributed by atoms with Crippen LogP contribution in [0.1, 0.15) is 4.88 Å². The van der Waals surface area contributed by atoms with Crippen LogP contribution in [0.3, 0.4) is 0 Å². The smallest absolute Gasteiger partial charge is 0.362 e. The second kappa shape index (κ2) is 8.42. The van der Waals surface area contributed by atoms with Crippen molar-refractivity contribution in [2.75, 3.05) is 63.2 Å². The number of allylic oxidation sites excluding steroid dienone is 2. The van der Waals surface area contributed by atoms with Crippen LogP contribution in [-0.4, -0.2) is 73.2 Å². The molecule has 4 rings (SSSR count). The topological polar surface area (TPSA) is 102 Å². The van der Waals surface area contributed by atoms with E-state index < -0.39 is 0 Å². The Labute approximate surface area is 166 Å². The number of nitrogens with zero attached hydrogens (tertiary/aromatic N) is 4. The van der Waals surface area contributed by atoms with Gasteiger partial charge in [0.15, 0.2) is 5.13 Å². The van der Waals surface area contributed by atoms with Crippen molar-refractivity contribution in [3.05, 3.63) is 21.9 Å². The van der Waals surface area contributed by atoms with E-state index in [0.29, 0.717) is 11.7 Å². The number of aliphatic imine (C=N–C) groups is 1. The molecule has 8 nitrogen and oxygen atoms in total. The van der Waals surface area contributed by atoms with Gasteiger partial charge < -0.3 is 25.8 Å². The fourth-order valence-electron chi connectivity index (χ4n) is 2.90. The van der Waals surface area contributed by atoms with Gasteiger partial charge in [-0.2, -0.15) is 0 Å². The Morgan fingerprint density at radius 2 is 1.81 bits per heavy atom. The van der Waals surface area contributed by atoms with Crippen LogP contribution in [0.15, 0.2) is 22.0 Å². The minimum absolute atomic E-state index is 0.553. The first-order chi connectivity index (χ1) is 13.2. The molecular weight excluding hydrogens is 384 g/mol. The van der Waals surface area contributed by atoms with Gasteiger partial charge in [-0.25, -0.2) is 9.56 Å². The molecule has 1 aromatic heterocycles. The number of anilines is 2. The monoisotopic (exact) mass is 407 g/mol. The average molecular weight is 408 g/mol. The number of nitrogens with two attached hydrogens (primary N) is 2. The molecule has 0 spiro atoms. The summed E-state index contributed by atoms with van der Waals surface area (Å²) in [6.07, 6.45) is 5.91. The summed E-state index contributed by atoms with van der Waals surface area (Å²) in [6, 6.07) is 0. The van der Waals surface area contributed by atoms with E-state index in [4.69, 9.17) is 20.9 Å². The number of amidine groups is 2. The summed E-state index contributed by atoms with van der Waals surface area (Å²) in [7, 11) is 0. The lowest BCUT2D eigenvalue weighted by atomic mass is 10.4. The number of morpholine rings is 2. The number of thiazole rings is 1. The van der Waals surface area contributed by atoms with Crippen LogP contribution < -0.4 is 16.4 Å². The Bertz CT molecular complexity index is 815. The zero-order valence-corrected chi connectivity index (χ0v) is 16.6. The van der Waals surface area contributed by atoms with Crippen LogP contribution >= 0.6 is 23.1 Å². The molecular formula is C17H23N6O2S2+. The largest absolute Gasteiger partial charge is 0.382 e. The predicted molar refractivity (Wildman–Crippen MR) is 112 cm³/mol. The molecule has 3 aliphatic heterocycles. The average Bonchev–Trinajstić information content (AvgIpc) is 3.26. The van der Waals surface area contributed by atoms with Gasteiger partial charge in [0.2, 0.25) is 0 Å². The standard InChI is InChI=1S/C17H22N6O2S2/c18-14-12(26-16(20-14)22-4-8-24-9-5-22)2-1-3-13-15(19)21-17(27-13)23-6-10-25-11-7-23/h1-3H,4-11H2,(H3,18,19)/p+1. The highest BCUT2D eigenvalue weighted by atomic mass is 32.2. The lowest BCUT2D eigenvalue weighted by molar-refractivity contribution is -0.547. The van der Waals surface area contributed by atoms with E-state index in [9.17, 15) is 0 Å². The highest BCUT2D eigenvalue weighted by molar-refractivity contribution is 8.18. The normalized spacial score (nSPS) is 22.9. The summed E-state index contributed by atoms with van der Waals surface area (Å²) >= 11 is 3.19. The Kier molecular flexibility index (Phi) is 5.77. The van der Waals surface area contributed by atoms with E-state index in [1.807, 2.05) is 18.2 Å². The predicted octanol–water partition coefficient (Wildman–Crippen LogP) is 0.962. The van der Waals surface area contributed by atoms with Crippen LogP contribution in [0.25, 0.3) is 6.08 Å². The summed E-state index contributed by atoms with van der Waals surface area (Å²) in [5, 5.41) is 1.89. The first-order valence-corrected chi connectivity index (χ1v) is 10.5. The van der Waals surface area contributed by atoms with E-state index in [2.05, 4.69) is 19.5 Å². The molecule has 2 fully saturated rings. The molecule has 0 bridgehead atoms.